The minimum Gasteiger partial charge on any atom is -0.347 e. The zero-order chi connectivity index (χ0) is 21.5. The van der Waals surface area contributed by atoms with Gasteiger partial charge in [0.25, 0.3) is 0 Å². The van der Waals surface area contributed by atoms with Crippen LogP contribution in [0.5, 0.6) is 0 Å². The van der Waals surface area contributed by atoms with E-state index in [0.29, 0.717) is 40.9 Å². The first-order chi connectivity index (χ1) is 15.0. The number of aromatic nitrogens is 5. The lowest BCUT2D eigenvalue weighted by molar-refractivity contribution is 0.566. The summed E-state index contributed by atoms with van der Waals surface area (Å²) in [5.74, 6) is 1.89. The number of hydrogen-bond acceptors (Lipinski definition) is 6. The lowest BCUT2D eigenvalue weighted by Crippen LogP contribution is -2.14. The van der Waals surface area contributed by atoms with Gasteiger partial charge in [-0.1, -0.05) is 6.07 Å². The van der Waals surface area contributed by atoms with Crippen molar-refractivity contribution < 1.29 is 8.78 Å². The Morgan fingerprint density at radius 1 is 1.03 bits per heavy atom. The summed E-state index contributed by atoms with van der Waals surface area (Å²) < 4.78 is 29.4. The standard InChI is InChI=1S/C22H25F2N7/c1-3-31-18(13-4-5-13)11-19(30-31)26-22-28-20(14-6-7-14)27-21(29-22)25-12(2)16-9-8-15(23)10-17(16)24/h8-14H,3-7H2,1-2H3,(H2,25,26,27,28,29,30). The van der Waals surface area contributed by atoms with E-state index >= 15 is 0 Å². The molecule has 0 radical (unpaired) electrons. The number of aryl methyl sites for hydroxylation is 1. The van der Waals surface area contributed by atoms with Crippen molar-refractivity contribution in [2.24, 2.45) is 0 Å². The van der Waals surface area contributed by atoms with Crippen LogP contribution >= 0.6 is 0 Å². The van der Waals surface area contributed by atoms with E-state index in [1.54, 1.807) is 6.92 Å². The topological polar surface area (TPSA) is 80.5 Å². The van der Waals surface area contributed by atoms with Crippen LogP contribution in [0.25, 0.3) is 0 Å². The smallest absolute Gasteiger partial charge is 0.233 e. The van der Waals surface area contributed by atoms with Gasteiger partial charge < -0.3 is 10.6 Å². The van der Waals surface area contributed by atoms with Crippen molar-refractivity contribution >= 4 is 17.7 Å². The minimum atomic E-state index is -0.604. The molecule has 2 saturated carbocycles. The van der Waals surface area contributed by atoms with Crippen molar-refractivity contribution in [1.29, 1.82) is 0 Å². The van der Waals surface area contributed by atoms with Gasteiger partial charge >= 0.3 is 0 Å². The van der Waals surface area contributed by atoms with E-state index < -0.39 is 17.7 Å². The van der Waals surface area contributed by atoms with Crippen molar-refractivity contribution in [2.45, 2.75) is 64.0 Å². The molecule has 2 aromatic heterocycles. The third kappa shape index (κ3) is 4.35. The molecular formula is C22H25F2N7. The molecule has 0 aliphatic heterocycles. The van der Waals surface area contributed by atoms with Crippen LogP contribution in [0.3, 0.4) is 0 Å². The summed E-state index contributed by atoms with van der Waals surface area (Å²) in [6.07, 6.45) is 4.49. The maximum absolute atomic E-state index is 14.2. The Labute approximate surface area is 179 Å². The van der Waals surface area contributed by atoms with E-state index in [-0.39, 0.29) is 0 Å². The van der Waals surface area contributed by atoms with Gasteiger partial charge in [-0.15, -0.1) is 0 Å². The van der Waals surface area contributed by atoms with Crippen LogP contribution in [0, 0.1) is 11.6 Å². The van der Waals surface area contributed by atoms with Crippen LogP contribution in [0.4, 0.5) is 26.5 Å². The fourth-order valence-corrected chi connectivity index (χ4v) is 3.73. The van der Waals surface area contributed by atoms with E-state index in [9.17, 15) is 8.78 Å². The van der Waals surface area contributed by atoms with Crippen molar-refractivity contribution in [2.75, 3.05) is 10.6 Å². The van der Waals surface area contributed by atoms with Crippen molar-refractivity contribution in [3.8, 4) is 0 Å². The molecule has 0 saturated heterocycles. The number of rotatable bonds is 8. The first-order valence-corrected chi connectivity index (χ1v) is 10.8. The molecule has 0 amide bonds. The molecule has 1 unspecified atom stereocenters. The molecule has 2 aliphatic carbocycles. The van der Waals surface area contributed by atoms with Crippen molar-refractivity contribution in [3.63, 3.8) is 0 Å². The highest BCUT2D eigenvalue weighted by Crippen LogP contribution is 2.41. The Kier molecular flexibility index (Phi) is 5.03. The molecule has 9 heteroatoms. The number of anilines is 3. The number of halogens is 2. The second-order valence-electron chi connectivity index (χ2n) is 8.32. The van der Waals surface area contributed by atoms with Gasteiger partial charge in [0.1, 0.15) is 17.5 Å². The summed E-state index contributed by atoms with van der Waals surface area (Å²) in [6.45, 7) is 4.68. The molecule has 1 atom stereocenters. The van der Waals surface area contributed by atoms with Gasteiger partial charge in [-0.25, -0.2) is 8.78 Å². The van der Waals surface area contributed by atoms with Crippen molar-refractivity contribution in [3.05, 3.63) is 53.0 Å². The molecule has 7 nitrogen and oxygen atoms in total. The SMILES string of the molecule is CCn1nc(Nc2nc(NC(C)c3ccc(F)cc3F)nc(C3CC3)n2)cc1C1CC1. The average Bonchev–Trinajstić information content (AvgIpc) is 3.65. The highest BCUT2D eigenvalue weighted by atomic mass is 19.1. The molecule has 162 valence electrons. The monoisotopic (exact) mass is 425 g/mol. The Balaban J connectivity index is 1.40. The van der Waals surface area contributed by atoms with Crippen LogP contribution in [-0.2, 0) is 6.54 Å². The largest absolute Gasteiger partial charge is 0.347 e. The summed E-state index contributed by atoms with van der Waals surface area (Å²) in [7, 11) is 0. The summed E-state index contributed by atoms with van der Waals surface area (Å²) in [5, 5.41) is 11.0. The summed E-state index contributed by atoms with van der Waals surface area (Å²) in [5.41, 5.74) is 1.58. The Hall–Kier alpha value is -3.10. The average molecular weight is 425 g/mol. The van der Waals surface area contributed by atoms with E-state index in [0.717, 1.165) is 25.5 Å². The number of nitrogens with zero attached hydrogens (tertiary/aromatic N) is 5. The highest BCUT2D eigenvalue weighted by molar-refractivity contribution is 5.51. The van der Waals surface area contributed by atoms with Gasteiger partial charge in [0.15, 0.2) is 5.82 Å². The Morgan fingerprint density at radius 3 is 2.45 bits per heavy atom. The molecular weight excluding hydrogens is 400 g/mol. The normalized spacial score (nSPS) is 16.9. The summed E-state index contributed by atoms with van der Waals surface area (Å²) >= 11 is 0. The third-order valence-electron chi connectivity index (χ3n) is 5.72. The third-order valence-corrected chi connectivity index (χ3v) is 5.72. The van der Waals surface area contributed by atoms with Crippen LogP contribution in [0.1, 0.15) is 74.5 Å². The number of benzene rings is 1. The van der Waals surface area contributed by atoms with Crippen LogP contribution in [0.2, 0.25) is 0 Å². The molecule has 0 bridgehead atoms. The second-order valence-corrected chi connectivity index (χ2v) is 8.32. The van der Waals surface area contributed by atoms with E-state index in [4.69, 9.17) is 0 Å². The molecule has 2 fully saturated rings. The lowest BCUT2D eigenvalue weighted by Gasteiger charge is -2.16. The predicted octanol–water partition coefficient (Wildman–Crippen LogP) is 5.04. The minimum absolute atomic E-state index is 0.317. The fraction of sp³-hybridized carbons (Fsp3) is 0.455. The van der Waals surface area contributed by atoms with Crippen LogP contribution in [0.15, 0.2) is 24.3 Å². The molecule has 31 heavy (non-hydrogen) atoms. The van der Waals surface area contributed by atoms with Gasteiger partial charge in [0.2, 0.25) is 11.9 Å². The Bertz CT molecular complexity index is 1110. The quantitative estimate of drug-likeness (QED) is 0.526. The molecule has 0 spiro atoms. The second kappa shape index (κ2) is 7.86. The van der Waals surface area contributed by atoms with Gasteiger partial charge in [0, 0.05) is 41.8 Å². The van der Waals surface area contributed by atoms with Crippen molar-refractivity contribution in [1.82, 2.24) is 24.7 Å². The van der Waals surface area contributed by atoms with Gasteiger partial charge in [-0.05, 0) is 45.6 Å². The predicted molar refractivity (Wildman–Crippen MR) is 113 cm³/mol. The highest BCUT2D eigenvalue weighted by Gasteiger charge is 2.29. The molecule has 1 aromatic carbocycles. The molecule has 3 aromatic rings. The maximum Gasteiger partial charge on any atom is 0.233 e. The van der Waals surface area contributed by atoms with Gasteiger partial charge in [-0.3, -0.25) is 4.68 Å². The first-order valence-electron chi connectivity index (χ1n) is 10.8. The van der Waals surface area contributed by atoms with Gasteiger partial charge in [-0.2, -0.15) is 20.1 Å². The summed E-state index contributed by atoms with van der Waals surface area (Å²) in [6, 6.07) is 5.18. The Morgan fingerprint density at radius 2 is 1.77 bits per heavy atom. The molecule has 2 N–H and O–H groups in total. The summed E-state index contributed by atoms with van der Waals surface area (Å²) in [4.78, 5) is 13.6. The van der Waals surface area contributed by atoms with E-state index in [2.05, 4.69) is 43.7 Å². The lowest BCUT2D eigenvalue weighted by atomic mass is 10.1. The van der Waals surface area contributed by atoms with E-state index in [1.807, 2.05) is 4.68 Å². The van der Waals surface area contributed by atoms with Gasteiger partial charge in [0.05, 0.1) is 6.04 Å². The van der Waals surface area contributed by atoms with E-state index in [1.165, 1.54) is 30.7 Å². The fourth-order valence-electron chi connectivity index (χ4n) is 3.73. The number of nitrogens with one attached hydrogen (secondary N) is 2. The zero-order valence-electron chi connectivity index (χ0n) is 17.6. The maximum atomic E-state index is 14.2. The molecule has 5 rings (SSSR count). The number of hydrogen-bond donors (Lipinski definition) is 2. The van der Waals surface area contributed by atoms with Crippen LogP contribution in [-0.4, -0.2) is 24.7 Å². The zero-order valence-corrected chi connectivity index (χ0v) is 17.6. The van der Waals surface area contributed by atoms with Crippen LogP contribution < -0.4 is 10.6 Å². The first kappa shape index (κ1) is 19.8. The molecule has 2 heterocycles. The molecule has 2 aliphatic rings.